The van der Waals surface area contributed by atoms with Crippen LogP contribution in [0.5, 0.6) is 0 Å². The largest absolute Gasteiger partial charge is 0.350 e. The average molecular weight is 453 g/mol. The first-order valence-corrected chi connectivity index (χ1v) is 10.2. The molecule has 1 heterocycles. The molecule has 2 amide bonds. The molecule has 0 saturated heterocycles. The summed E-state index contributed by atoms with van der Waals surface area (Å²) in [5.41, 5.74) is 3.33. The van der Waals surface area contributed by atoms with Gasteiger partial charge in [0.15, 0.2) is 0 Å². The monoisotopic (exact) mass is 452 g/mol. The van der Waals surface area contributed by atoms with Crippen LogP contribution < -0.4 is 10.2 Å². The average Bonchev–Trinajstić information content (AvgIpc) is 2.96. The van der Waals surface area contributed by atoms with E-state index < -0.39 is 23.4 Å². The number of benzene rings is 3. The highest BCUT2D eigenvalue weighted by atomic mass is 35.5. The lowest BCUT2D eigenvalue weighted by Gasteiger charge is -2.16. The van der Waals surface area contributed by atoms with Gasteiger partial charge in [-0.25, -0.2) is 13.7 Å². The van der Waals surface area contributed by atoms with E-state index in [9.17, 15) is 18.4 Å². The van der Waals surface area contributed by atoms with Gasteiger partial charge in [0.1, 0.15) is 17.3 Å². The van der Waals surface area contributed by atoms with Gasteiger partial charge in [0, 0.05) is 16.8 Å². The van der Waals surface area contributed by atoms with Crippen molar-refractivity contribution in [2.45, 2.75) is 20.8 Å². The Balaban J connectivity index is 1.90. The van der Waals surface area contributed by atoms with Gasteiger partial charge in [-0.05, 0) is 61.7 Å². The zero-order chi connectivity index (χ0) is 23.2. The quantitative estimate of drug-likeness (QED) is 0.498. The third kappa shape index (κ3) is 3.67. The molecule has 4 nitrogen and oxygen atoms in total. The molecule has 0 aliphatic carbocycles. The Kier molecular flexibility index (Phi) is 5.57. The molecule has 3 aromatic rings. The number of carbonyl (C=O) groups is 2. The van der Waals surface area contributed by atoms with Crippen LogP contribution in [0.4, 0.5) is 20.2 Å². The Morgan fingerprint density at radius 1 is 0.906 bits per heavy atom. The second-order valence-corrected chi connectivity index (χ2v) is 8.05. The standard InChI is InChI=1S/C25H19ClF2N2O2/c1-13-7-9-17(14(2)11-13)22-23(29-20-6-4-5-18(26)15(20)3)25(32)30(24(22)31)21-10-8-16(27)12-19(21)28/h4-12,29H,1-3H3. The van der Waals surface area contributed by atoms with Gasteiger partial charge in [0.05, 0.1) is 11.3 Å². The molecule has 7 heteroatoms. The number of hydrogen-bond acceptors (Lipinski definition) is 3. The van der Waals surface area contributed by atoms with Crippen molar-refractivity contribution in [3.05, 3.63) is 99.2 Å². The van der Waals surface area contributed by atoms with Crippen molar-refractivity contribution in [1.29, 1.82) is 0 Å². The Morgan fingerprint density at radius 2 is 1.66 bits per heavy atom. The molecule has 1 N–H and O–H groups in total. The van der Waals surface area contributed by atoms with Crippen molar-refractivity contribution in [2.75, 3.05) is 10.2 Å². The normalized spacial score (nSPS) is 13.9. The van der Waals surface area contributed by atoms with Gasteiger partial charge in [-0.1, -0.05) is 41.4 Å². The second-order valence-electron chi connectivity index (χ2n) is 7.65. The molecule has 4 rings (SSSR count). The summed E-state index contributed by atoms with van der Waals surface area (Å²) >= 11 is 6.22. The minimum absolute atomic E-state index is 0.00366. The molecule has 0 saturated carbocycles. The van der Waals surface area contributed by atoms with Crippen molar-refractivity contribution in [1.82, 2.24) is 0 Å². The molecule has 0 atom stereocenters. The first-order chi connectivity index (χ1) is 15.2. The highest BCUT2D eigenvalue weighted by Crippen LogP contribution is 2.37. The van der Waals surface area contributed by atoms with Crippen LogP contribution >= 0.6 is 11.6 Å². The highest BCUT2D eigenvalue weighted by Gasteiger charge is 2.42. The summed E-state index contributed by atoms with van der Waals surface area (Å²) in [7, 11) is 0. The van der Waals surface area contributed by atoms with Crippen molar-refractivity contribution >= 4 is 40.4 Å². The number of rotatable bonds is 4. The van der Waals surface area contributed by atoms with Gasteiger partial charge in [-0.2, -0.15) is 0 Å². The SMILES string of the molecule is Cc1ccc(C2=C(Nc3cccc(Cl)c3C)C(=O)N(c3ccc(F)cc3F)C2=O)c(C)c1. The highest BCUT2D eigenvalue weighted by molar-refractivity contribution is 6.46. The van der Waals surface area contributed by atoms with Gasteiger partial charge < -0.3 is 5.32 Å². The molecular formula is C25H19ClF2N2O2. The smallest absolute Gasteiger partial charge is 0.282 e. The van der Waals surface area contributed by atoms with E-state index in [4.69, 9.17) is 11.6 Å². The molecule has 0 aromatic heterocycles. The summed E-state index contributed by atoms with van der Waals surface area (Å²) in [6.07, 6.45) is 0. The third-order valence-corrected chi connectivity index (χ3v) is 5.82. The van der Waals surface area contributed by atoms with Crippen LogP contribution in [0.3, 0.4) is 0 Å². The predicted molar refractivity (Wildman–Crippen MR) is 121 cm³/mol. The molecule has 32 heavy (non-hydrogen) atoms. The fraction of sp³-hybridized carbons (Fsp3) is 0.120. The molecule has 0 radical (unpaired) electrons. The Hall–Kier alpha value is -3.51. The molecule has 0 fully saturated rings. The molecular weight excluding hydrogens is 434 g/mol. The van der Waals surface area contributed by atoms with Crippen LogP contribution in [0, 0.1) is 32.4 Å². The van der Waals surface area contributed by atoms with Crippen molar-refractivity contribution < 1.29 is 18.4 Å². The van der Waals surface area contributed by atoms with Crippen molar-refractivity contribution in [3.8, 4) is 0 Å². The van der Waals surface area contributed by atoms with E-state index in [2.05, 4.69) is 5.32 Å². The van der Waals surface area contributed by atoms with E-state index in [-0.39, 0.29) is 17.0 Å². The van der Waals surface area contributed by atoms with E-state index in [0.717, 1.165) is 28.2 Å². The molecule has 0 spiro atoms. The number of nitrogens with zero attached hydrogens (tertiary/aromatic N) is 1. The molecule has 1 aliphatic heterocycles. The lowest BCUT2D eigenvalue weighted by atomic mass is 9.97. The Morgan fingerprint density at radius 3 is 2.34 bits per heavy atom. The zero-order valence-corrected chi connectivity index (χ0v) is 18.3. The molecule has 0 bridgehead atoms. The molecule has 3 aromatic carbocycles. The maximum atomic E-state index is 14.5. The molecule has 1 aliphatic rings. The maximum Gasteiger partial charge on any atom is 0.282 e. The van der Waals surface area contributed by atoms with E-state index in [0.29, 0.717) is 27.9 Å². The number of carbonyl (C=O) groups excluding carboxylic acids is 2. The molecule has 0 unspecified atom stereocenters. The lowest BCUT2D eigenvalue weighted by molar-refractivity contribution is -0.120. The lowest BCUT2D eigenvalue weighted by Crippen LogP contribution is -2.33. The van der Waals surface area contributed by atoms with Gasteiger partial charge >= 0.3 is 0 Å². The molecule has 162 valence electrons. The summed E-state index contributed by atoms with van der Waals surface area (Å²) < 4.78 is 28.0. The second kappa shape index (κ2) is 8.20. The minimum Gasteiger partial charge on any atom is -0.350 e. The van der Waals surface area contributed by atoms with Crippen LogP contribution in [0.15, 0.2) is 60.3 Å². The number of hydrogen-bond donors (Lipinski definition) is 1. The van der Waals surface area contributed by atoms with Gasteiger partial charge in [-0.15, -0.1) is 0 Å². The summed E-state index contributed by atoms with van der Waals surface area (Å²) in [6, 6.07) is 13.3. The van der Waals surface area contributed by atoms with E-state index in [1.54, 1.807) is 31.2 Å². The van der Waals surface area contributed by atoms with Gasteiger partial charge in [-0.3, -0.25) is 9.59 Å². The van der Waals surface area contributed by atoms with Crippen LogP contribution in [-0.2, 0) is 9.59 Å². The summed E-state index contributed by atoms with van der Waals surface area (Å²) in [5, 5.41) is 3.53. The summed E-state index contributed by atoms with van der Waals surface area (Å²) in [4.78, 5) is 27.6. The summed E-state index contributed by atoms with van der Waals surface area (Å²) in [5.74, 6) is -3.25. The topological polar surface area (TPSA) is 49.4 Å². The van der Waals surface area contributed by atoms with Crippen LogP contribution in [0.25, 0.3) is 5.57 Å². The van der Waals surface area contributed by atoms with Gasteiger partial charge in [0.2, 0.25) is 0 Å². The Bertz CT molecular complexity index is 1320. The first-order valence-electron chi connectivity index (χ1n) is 9.87. The Labute approximate surface area is 189 Å². The summed E-state index contributed by atoms with van der Waals surface area (Å²) in [6.45, 7) is 5.53. The van der Waals surface area contributed by atoms with Crippen molar-refractivity contribution in [3.63, 3.8) is 0 Å². The van der Waals surface area contributed by atoms with Gasteiger partial charge in [0.25, 0.3) is 11.8 Å². The number of imide groups is 1. The predicted octanol–water partition coefficient (Wildman–Crippen LogP) is 5.94. The number of anilines is 2. The number of nitrogens with one attached hydrogen (secondary N) is 1. The maximum absolute atomic E-state index is 14.5. The number of aryl methyl sites for hydroxylation is 2. The van der Waals surface area contributed by atoms with E-state index in [1.807, 2.05) is 26.0 Å². The number of amides is 2. The fourth-order valence-electron chi connectivity index (χ4n) is 3.75. The first kappa shape index (κ1) is 21.7. The van der Waals surface area contributed by atoms with Crippen LogP contribution in [0.1, 0.15) is 22.3 Å². The minimum atomic E-state index is -1.01. The van der Waals surface area contributed by atoms with Crippen LogP contribution in [-0.4, -0.2) is 11.8 Å². The van der Waals surface area contributed by atoms with E-state index in [1.165, 1.54) is 0 Å². The number of halogens is 3. The van der Waals surface area contributed by atoms with Crippen molar-refractivity contribution in [2.24, 2.45) is 0 Å². The van der Waals surface area contributed by atoms with E-state index >= 15 is 0 Å². The fourth-order valence-corrected chi connectivity index (χ4v) is 3.92. The third-order valence-electron chi connectivity index (χ3n) is 5.41. The zero-order valence-electron chi connectivity index (χ0n) is 17.6. The van der Waals surface area contributed by atoms with Crippen LogP contribution in [0.2, 0.25) is 5.02 Å².